The Morgan fingerprint density at radius 3 is 2.71 bits per heavy atom. The van der Waals surface area contributed by atoms with E-state index in [2.05, 4.69) is 10.3 Å². The van der Waals surface area contributed by atoms with Crippen molar-refractivity contribution in [2.24, 2.45) is 5.73 Å². The van der Waals surface area contributed by atoms with Gasteiger partial charge in [-0.3, -0.25) is 0 Å². The van der Waals surface area contributed by atoms with Gasteiger partial charge in [0.2, 0.25) is 0 Å². The summed E-state index contributed by atoms with van der Waals surface area (Å²) in [6.07, 6.45) is 0.841. The Kier molecular flexibility index (Phi) is 5.46. The van der Waals surface area contributed by atoms with Gasteiger partial charge in [-0.15, -0.1) is 5.10 Å². The maximum atomic E-state index is 5.59. The van der Waals surface area contributed by atoms with Gasteiger partial charge in [-0.25, -0.2) is 4.68 Å². The summed E-state index contributed by atoms with van der Waals surface area (Å²) in [5, 5.41) is 8.06. The summed E-state index contributed by atoms with van der Waals surface area (Å²) in [6, 6.07) is 0.163. The van der Waals surface area contributed by atoms with Crippen LogP contribution >= 0.6 is 12.2 Å². The maximum Gasteiger partial charge on any atom is 0.145 e. The molecular formula is C10H18N4O2S. The summed E-state index contributed by atoms with van der Waals surface area (Å²) < 4.78 is 12.0. The minimum absolute atomic E-state index is 0.163. The molecule has 6 nitrogen and oxygen atoms in total. The van der Waals surface area contributed by atoms with E-state index in [1.54, 1.807) is 18.9 Å². The lowest BCUT2D eigenvalue weighted by Gasteiger charge is -2.14. The average Bonchev–Trinajstić information content (AvgIpc) is 2.70. The first-order valence-electron chi connectivity index (χ1n) is 5.33. The highest BCUT2D eigenvalue weighted by Gasteiger charge is 2.18. The van der Waals surface area contributed by atoms with Crippen molar-refractivity contribution in [2.45, 2.75) is 26.0 Å². The molecule has 0 saturated carbocycles. The van der Waals surface area contributed by atoms with Crippen LogP contribution in [0, 0.1) is 0 Å². The zero-order valence-corrected chi connectivity index (χ0v) is 11.2. The lowest BCUT2D eigenvalue weighted by molar-refractivity contribution is 0.162. The van der Waals surface area contributed by atoms with Crippen LogP contribution in [0.5, 0.6) is 0 Å². The van der Waals surface area contributed by atoms with Crippen molar-refractivity contribution in [1.29, 1.82) is 0 Å². The summed E-state index contributed by atoms with van der Waals surface area (Å²) >= 11 is 4.93. The quantitative estimate of drug-likeness (QED) is 0.724. The Hall–Kier alpha value is -1.05. The van der Waals surface area contributed by atoms with Gasteiger partial charge in [0, 0.05) is 20.8 Å². The van der Waals surface area contributed by atoms with Crippen LogP contribution in [-0.4, -0.2) is 40.8 Å². The second kappa shape index (κ2) is 6.63. The molecule has 1 heterocycles. The number of ether oxygens (including phenoxy) is 2. The molecule has 0 aliphatic carbocycles. The second-order valence-electron chi connectivity index (χ2n) is 3.76. The molecule has 1 aromatic rings. The molecule has 0 aliphatic rings. The molecule has 0 aromatic carbocycles. The van der Waals surface area contributed by atoms with Crippen molar-refractivity contribution in [3.05, 3.63) is 11.4 Å². The Balaban J connectivity index is 2.94. The SMILES string of the molecule is COCCC(C)n1nnc(C(N)=S)c1COC. The van der Waals surface area contributed by atoms with Crippen LogP contribution in [0.3, 0.4) is 0 Å². The smallest absolute Gasteiger partial charge is 0.145 e. The number of rotatable bonds is 7. The van der Waals surface area contributed by atoms with Crippen molar-refractivity contribution in [1.82, 2.24) is 15.0 Å². The summed E-state index contributed by atoms with van der Waals surface area (Å²) in [7, 11) is 3.28. The third-order valence-electron chi connectivity index (χ3n) is 2.46. The van der Waals surface area contributed by atoms with Crippen LogP contribution < -0.4 is 5.73 Å². The van der Waals surface area contributed by atoms with E-state index in [0.717, 1.165) is 12.1 Å². The van der Waals surface area contributed by atoms with Crippen molar-refractivity contribution in [2.75, 3.05) is 20.8 Å². The molecular weight excluding hydrogens is 240 g/mol. The lowest BCUT2D eigenvalue weighted by atomic mass is 10.2. The summed E-state index contributed by atoms with van der Waals surface area (Å²) in [5.74, 6) is 0. The van der Waals surface area contributed by atoms with Gasteiger partial charge >= 0.3 is 0 Å². The first kappa shape index (κ1) is 14.0. The molecule has 0 spiro atoms. The number of aromatic nitrogens is 3. The number of hydrogen-bond acceptors (Lipinski definition) is 5. The van der Waals surface area contributed by atoms with Crippen molar-refractivity contribution in [3.8, 4) is 0 Å². The summed E-state index contributed by atoms with van der Waals surface area (Å²) in [4.78, 5) is 0.238. The number of thiocarbonyl (C=S) groups is 1. The zero-order valence-electron chi connectivity index (χ0n) is 10.3. The summed E-state index contributed by atoms with van der Waals surface area (Å²) in [5.41, 5.74) is 6.94. The maximum absolute atomic E-state index is 5.59. The number of nitrogens with two attached hydrogens (primary N) is 1. The van der Waals surface area contributed by atoms with Crippen LogP contribution in [0.1, 0.15) is 30.8 Å². The van der Waals surface area contributed by atoms with E-state index in [1.165, 1.54) is 0 Å². The highest BCUT2D eigenvalue weighted by Crippen LogP contribution is 2.16. The Morgan fingerprint density at radius 2 is 2.18 bits per heavy atom. The fourth-order valence-corrected chi connectivity index (χ4v) is 1.70. The van der Waals surface area contributed by atoms with Gasteiger partial charge in [0.15, 0.2) is 0 Å². The van der Waals surface area contributed by atoms with Crippen LogP contribution in [0.4, 0.5) is 0 Å². The average molecular weight is 258 g/mol. The molecule has 0 amide bonds. The summed E-state index contributed by atoms with van der Waals surface area (Å²) in [6.45, 7) is 3.09. The number of nitrogens with zero attached hydrogens (tertiary/aromatic N) is 3. The lowest BCUT2D eigenvalue weighted by Crippen LogP contribution is -2.17. The molecule has 1 unspecified atom stereocenters. The Labute approximate surface area is 106 Å². The van der Waals surface area contributed by atoms with Crippen molar-refractivity contribution in [3.63, 3.8) is 0 Å². The first-order valence-corrected chi connectivity index (χ1v) is 5.74. The molecule has 0 bridgehead atoms. The van der Waals surface area contributed by atoms with E-state index in [9.17, 15) is 0 Å². The van der Waals surface area contributed by atoms with E-state index in [4.69, 9.17) is 27.4 Å². The van der Waals surface area contributed by atoms with E-state index >= 15 is 0 Å². The van der Waals surface area contributed by atoms with E-state index in [-0.39, 0.29) is 11.0 Å². The molecule has 2 N–H and O–H groups in total. The van der Waals surface area contributed by atoms with Gasteiger partial charge in [-0.2, -0.15) is 0 Å². The van der Waals surface area contributed by atoms with Gasteiger partial charge in [0.25, 0.3) is 0 Å². The first-order chi connectivity index (χ1) is 8.11. The number of methoxy groups -OCH3 is 2. The normalized spacial score (nSPS) is 12.6. The van der Waals surface area contributed by atoms with Crippen molar-refractivity contribution >= 4 is 17.2 Å². The van der Waals surface area contributed by atoms with Gasteiger partial charge in [0.1, 0.15) is 10.7 Å². The third kappa shape index (κ3) is 3.45. The minimum atomic E-state index is 0.163. The minimum Gasteiger partial charge on any atom is -0.388 e. The zero-order chi connectivity index (χ0) is 12.8. The molecule has 1 aromatic heterocycles. The Morgan fingerprint density at radius 1 is 1.47 bits per heavy atom. The molecule has 1 atom stereocenters. The molecule has 0 fully saturated rings. The highest BCUT2D eigenvalue weighted by atomic mass is 32.1. The Bertz CT molecular complexity index is 380. The second-order valence-corrected chi connectivity index (χ2v) is 4.20. The largest absolute Gasteiger partial charge is 0.388 e. The highest BCUT2D eigenvalue weighted by molar-refractivity contribution is 7.80. The van der Waals surface area contributed by atoms with Crippen LogP contribution in [0.15, 0.2) is 0 Å². The van der Waals surface area contributed by atoms with Gasteiger partial charge < -0.3 is 15.2 Å². The molecule has 0 radical (unpaired) electrons. The van der Waals surface area contributed by atoms with E-state index in [0.29, 0.717) is 18.9 Å². The molecule has 0 aliphatic heterocycles. The monoisotopic (exact) mass is 258 g/mol. The van der Waals surface area contributed by atoms with Gasteiger partial charge in [-0.05, 0) is 13.3 Å². The topological polar surface area (TPSA) is 75.2 Å². The predicted octanol–water partition coefficient (Wildman–Crippen LogP) is 0.656. The third-order valence-corrected chi connectivity index (χ3v) is 2.66. The molecule has 7 heteroatoms. The standard InChI is InChI=1S/C10H18N4O2S/c1-7(4-5-15-2)14-8(6-16-3)9(10(11)17)12-13-14/h7H,4-6H2,1-3H3,(H2,11,17). The molecule has 0 saturated heterocycles. The van der Waals surface area contributed by atoms with Gasteiger partial charge in [0.05, 0.1) is 18.3 Å². The number of hydrogen-bond donors (Lipinski definition) is 1. The molecule has 96 valence electrons. The fraction of sp³-hybridized carbons (Fsp3) is 0.700. The fourth-order valence-electron chi connectivity index (χ4n) is 1.54. The van der Waals surface area contributed by atoms with Crippen molar-refractivity contribution < 1.29 is 9.47 Å². The van der Waals surface area contributed by atoms with Crippen LogP contribution in [0.2, 0.25) is 0 Å². The molecule has 17 heavy (non-hydrogen) atoms. The molecule has 1 rings (SSSR count). The predicted molar refractivity (Wildman–Crippen MR) is 67.8 cm³/mol. The van der Waals surface area contributed by atoms with Crippen LogP contribution in [-0.2, 0) is 16.1 Å². The van der Waals surface area contributed by atoms with Crippen LogP contribution in [0.25, 0.3) is 0 Å². The van der Waals surface area contributed by atoms with Gasteiger partial charge in [-0.1, -0.05) is 17.4 Å². The van der Waals surface area contributed by atoms with E-state index < -0.39 is 0 Å². The van der Waals surface area contributed by atoms with E-state index in [1.807, 2.05) is 6.92 Å².